The van der Waals surface area contributed by atoms with Gasteiger partial charge in [0.1, 0.15) is 6.04 Å². The fraction of sp³-hybridized carbons (Fsp3) is 0.394. The zero-order valence-electron chi connectivity index (χ0n) is 24.7. The number of unbranched alkanes of at least 4 members (excludes halogenated alkanes) is 1. The fourth-order valence-electron chi connectivity index (χ4n) is 4.85. The lowest BCUT2D eigenvalue weighted by molar-refractivity contribution is -0.141. The average Bonchev–Trinajstić information content (AvgIpc) is 2.93. The van der Waals surface area contributed by atoms with Gasteiger partial charge in [0.15, 0.2) is 0 Å². The molecule has 7 nitrogen and oxygen atoms in total. The lowest BCUT2D eigenvalue weighted by Crippen LogP contribution is -2.50. The van der Waals surface area contributed by atoms with Crippen molar-refractivity contribution in [2.24, 2.45) is 0 Å². The molecule has 0 spiro atoms. The van der Waals surface area contributed by atoms with Crippen LogP contribution in [0.5, 0.6) is 0 Å². The van der Waals surface area contributed by atoms with E-state index >= 15 is 0 Å². The molecule has 0 radical (unpaired) electrons. The minimum absolute atomic E-state index is 0.108. The third kappa shape index (κ3) is 10.0. The van der Waals surface area contributed by atoms with E-state index in [0.717, 1.165) is 35.1 Å². The number of carbonyl (C=O) groups is 2. The zero-order chi connectivity index (χ0) is 29.8. The van der Waals surface area contributed by atoms with Crippen molar-refractivity contribution >= 4 is 27.5 Å². The largest absolute Gasteiger partial charge is 0.354 e. The van der Waals surface area contributed by atoms with Crippen LogP contribution in [-0.2, 0) is 32.6 Å². The number of sulfonamides is 1. The lowest BCUT2D eigenvalue weighted by Gasteiger charge is -2.32. The Balaban J connectivity index is 1.87. The first-order valence-electron chi connectivity index (χ1n) is 14.3. The predicted octanol–water partition coefficient (Wildman–Crippen LogP) is 5.41. The molecular weight excluding hydrogens is 534 g/mol. The first kappa shape index (κ1) is 31.9. The van der Waals surface area contributed by atoms with Gasteiger partial charge < -0.3 is 10.2 Å². The third-order valence-electron chi connectivity index (χ3n) is 6.98. The van der Waals surface area contributed by atoms with Gasteiger partial charge in [-0.2, -0.15) is 0 Å². The highest BCUT2D eigenvalue weighted by Gasteiger charge is 2.30. The van der Waals surface area contributed by atoms with E-state index in [2.05, 4.69) is 12.2 Å². The van der Waals surface area contributed by atoms with E-state index in [1.54, 1.807) is 11.0 Å². The number of nitrogens with one attached hydrogen (secondary N) is 1. The second-order valence-corrected chi connectivity index (χ2v) is 12.5. The summed E-state index contributed by atoms with van der Waals surface area (Å²) in [6.07, 6.45) is 3.80. The number of aryl methyl sites for hydroxylation is 2. The van der Waals surface area contributed by atoms with E-state index in [-0.39, 0.29) is 31.3 Å². The number of rotatable bonds is 15. The molecule has 3 aromatic carbocycles. The number of hydrogen-bond donors (Lipinski definition) is 1. The van der Waals surface area contributed by atoms with Gasteiger partial charge >= 0.3 is 0 Å². The molecule has 3 rings (SSSR count). The Bertz CT molecular complexity index is 1390. The van der Waals surface area contributed by atoms with Gasteiger partial charge in [-0.15, -0.1) is 0 Å². The highest BCUT2D eigenvalue weighted by Crippen LogP contribution is 2.21. The van der Waals surface area contributed by atoms with Crippen molar-refractivity contribution < 1.29 is 18.0 Å². The second-order valence-electron chi connectivity index (χ2n) is 10.6. The smallest absolute Gasteiger partial charge is 0.243 e. The van der Waals surface area contributed by atoms with E-state index in [9.17, 15) is 18.0 Å². The maximum atomic E-state index is 13.9. The van der Waals surface area contributed by atoms with Crippen LogP contribution in [0.2, 0.25) is 0 Å². The molecule has 0 fully saturated rings. The van der Waals surface area contributed by atoms with Crippen LogP contribution in [0.4, 0.5) is 5.69 Å². The van der Waals surface area contributed by atoms with Crippen molar-refractivity contribution in [1.29, 1.82) is 0 Å². The molecule has 0 saturated carbocycles. The summed E-state index contributed by atoms with van der Waals surface area (Å²) >= 11 is 0. The van der Waals surface area contributed by atoms with Crippen LogP contribution in [-0.4, -0.2) is 50.5 Å². The van der Waals surface area contributed by atoms with Crippen LogP contribution in [0.1, 0.15) is 54.9 Å². The van der Waals surface area contributed by atoms with Crippen LogP contribution < -0.4 is 9.62 Å². The SMILES string of the molecule is CCCCNC(=O)[C@H](Cc1ccccc1)N(Cc1cccc(C)c1)C(=O)CCCN(c1cccc(C)c1)S(C)(=O)=O. The van der Waals surface area contributed by atoms with E-state index in [1.165, 1.54) is 10.6 Å². The second kappa shape index (κ2) is 15.4. The van der Waals surface area contributed by atoms with Crippen LogP contribution >= 0.6 is 0 Å². The number of nitrogens with zero attached hydrogens (tertiary/aromatic N) is 2. The number of amides is 2. The highest BCUT2D eigenvalue weighted by atomic mass is 32.2. The average molecular weight is 578 g/mol. The first-order valence-corrected chi connectivity index (χ1v) is 16.1. The molecule has 0 aromatic heterocycles. The van der Waals surface area contributed by atoms with Gasteiger partial charge in [0.05, 0.1) is 11.9 Å². The van der Waals surface area contributed by atoms with Crippen molar-refractivity contribution in [3.8, 4) is 0 Å². The summed E-state index contributed by atoms with van der Waals surface area (Å²) in [5.74, 6) is -0.364. The Morgan fingerprint density at radius 3 is 2.15 bits per heavy atom. The molecule has 0 heterocycles. The fourth-order valence-corrected chi connectivity index (χ4v) is 5.81. The van der Waals surface area contributed by atoms with Crippen LogP contribution in [0, 0.1) is 13.8 Å². The molecular formula is C33H43N3O4S. The summed E-state index contributed by atoms with van der Waals surface area (Å²) in [5.41, 5.74) is 4.51. The van der Waals surface area contributed by atoms with E-state index in [0.29, 0.717) is 25.1 Å². The first-order chi connectivity index (χ1) is 19.6. The van der Waals surface area contributed by atoms with Gasteiger partial charge in [0.2, 0.25) is 21.8 Å². The standard InChI is InChI=1S/C33H43N3O4S/c1-5-6-20-34-33(38)31(24-28-15-8-7-9-16-28)35(25-29-17-10-13-26(2)22-29)32(37)19-12-21-36(41(4,39)40)30-18-11-14-27(3)23-30/h7-11,13-18,22-23,31H,5-6,12,19-21,24-25H2,1-4H3,(H,34,38)/t31-/m0/s1. The number of anilines is 1. The Kier molecular flexibility index (Phi) is 12.0. The summed E-state index contributed by atoms with van der Waals surface area (Å²) in [7, 11) is -3.55. The summed E-state index contributed by atoms with van der Waals surface area (Å²) < 4.78 is 26.6. The predicted molar refractivity (Wildman–Crippen MR) is 166 cm³/mol. The molecule has 0 aliphatic heterocycles. The molecule has 1 N–H and O–H groups in total. The minimum atomic E-state index is -3.55. The van der Waals surface area contributed by atoms with Gasteiger partial charge in [-0.05, 0) is 55.5 Å². The van der Waals surface area contributed by atoms with Crippen molar-refractivity contribution in [2.75, 3.05) is 23.7 Å². The van der Waals surface area contributed by atoms with Crippen LogP contribution in [0.25, 0.3) is 0 Å². The number of carbonyl (C=O) groups excluding carboxylic acids is 2. The normalized spacial score (nSPS) is 12.0. The summed E-state index contributed by atoms with van der Waals surface area (Å²) in [6, 6.07) is 24.3. The number of hydrogen-bond acceptors (Lipinski definition) is 4. The monoisotopic (exact) mass is 577 g/mol. The van der Waals surface area contributed by atoms with Crippen molar-refractivity contribution in [1.82, 2.24) is 10.2 Å². The van der Waals surface area contributed by atoms with Crippen LogP contribution in [0.3, 0.4) is 0 Å². The quantitative estimate of drug-likeness (QED) is 0.245. The van der Waals surface area contributed by atoms with Crippen molar-refractivity contribution in [3.05, 3.63) is 101 Å². The summed E-state index contributed by atoms with van der Waals surface area (Å²) in [6.45, 7) is 6.98. The Morgan fingerprint density at radius 1 is 0.854 bits per heavy atom. The Labute approximate surface area is 245 Å². The van der Waals surface area contributed by atoms with Crippen LogP contribution in [0.15, 0.2) is 78.9 Å². The van der Waals surface area contributed by atoms with E-state index < -0.39 is 16.1 Å². The molecule has 0 unspecified atom stereocenters. The van der Waals surface area contributed by atoms with Gasteiger partial charge in [-0.1, -0.05) is 85.6 Å². The molecule has 0 saturated heterocycles. The molecule has 0 aliphatic rings. The molecule has 2 amide bonds. The molecule has 220 valence electrons. The van der Waals surface area contributed by atoms with Gasteiger partial charge in [0, 0.05) is 32.5 Å². The minimum Gasteiger partial charge on any atom is -0.354 e. The third-order valence-corrected chi connectivity index (χ3v) is 8.17. The summed E-state index contributed by atoms with van der Waals surface area (Å²) in [5, 5.41) is 3.04. The number of benzene rings is 3. The Morgan fingerprint density at radius 2 is 1.51 bits per heavy atom. The van der Waals surface area contributed by atoms with Crippen molar-refractivity contribution in [2.45, 2.75) is 65.5 Å². The lowest BCUT2D eigenvalue weighted by atomic mass is 10.0. The maximum absolute atomic E-state index is 13.9. The van der Waals surface area contributed by atoms with Crippen molar-refractivity contribution in [3.63, 3.8) is 0 Å². The van der Waals surface area contributed by atoms with E-state index in [1.807, 2.05) is 86.6 Å². The topological polar surface area (TPSA) is 86.8 Å². The highest BCUT2D eigenvalue weighted by molar-refractivity contribution is 7.92. The maximum Gasteiger partial charge on any atom is 0.243 e. The molecule has 0 aliphatic carbocycles. The zero-order valence-corrected chi connectivity index (χ0v) is 25.5. The molecule has 41 heavy (non-hydrogen) atoms. The summed E-state index contributed by atoms with van der Waals surface area (Å²) in [4.78, 5) is 29.1. The van der Waals surface area contributed by atoms with Gasteiger partial charge in [-0.25, -0.2) is 8.42 Å². The van der Waals surface area contributed by atoms with E-state index in [4.69, 9.17) is 0 Å². The Hall–Kier alpha value is -3.65. The molecule has 0 bridgehead atoms. The molecule has 1 atom stereocenters. The molecule has 3 aromatic rings. The van der Waals surface area contributed by atoms with Gasteiger partial charge in [0.25, 0.3) is 0 Å². The molecule has 8 heteroatoms. The van der Waals surface area contributed by atoms with Gasteiger partial charge in [-0.3, -0.25) is 13.9 Å².